The van der Waals surface area contributed by atoms with Gasteiger partial charge in [-0.2, -0.15) is 18.4 Å². The van der Waals surface area contributed by atoms with Crippen LogP contribution in [0.5, 0.6) is 0 Å². The van der Waals surface area contributed by atoms with Crippen molar-refractivity contribution in [2.45, 2.75) is 38.3 Å². The first-order chi connectivity index (χ1) is 14.7. The molecule has 1 unspecified atom stereocenters. The number of hydrogen-bond acceptors (Lipinski definition) is 4. The zero-order valence-electron chi connectivity index (χ0n) is 17.4. The van der Waals surface area contributed by atoms with E-state index in [1.807, 2.05) is 6.07 Å². The highest BCUT2D eigenvalue weighted by molar-refractivity contribution is 5.79. The SMILES string of the molecule is N#CC(C(N)=O)C1CCC(CCN2CCN(c3cc(C(F)(F)F)ccc3F)CC2)CC1. The van der Waals surface area contributed by atoms with Crippen molar-refractivity contribution in [3.63, 3.8) is 0 Å². The van der Waals surface area contributed by atoms with Crippen molar-refractivity contribution in [1.29, 1.82) is 5.26 Å². The van der Waals surface area contributed by atoms with E-state index in [0.29, 0.717) is 32.1 Å². The lowest BCUT2D eigenvalue weighted by molar-refractivity contribution is -0.137. The third-order valence-corrected chi connectivity index (χ3v) is 6.65. The van der Waals surface area contributed by atoms with Gasteiger partial charge in [-0.1, -0.05) is 12.8 Å². The van der Waals surface area contributed by atoms with E-state index in [2.05, 4.69) is 4.90 Å². The molecule has 5 nitrogen and oxygen atoms in total. The first-order valence-corrected chi connectivity index (χ1v) is 10.7. The molecule has 1 atom stereocenters. The molecule has 1 heterocycles. The summed E-state index contributed by atoms with van der Waals surface area (Å²) in [5.74, 6) is -1.30. The average Bonchev–Trinajstić information content (AvgIpc) is 2.73. The van der Waals surface area contributed by atoms with Crippen LogP contribution in [0.15, 0.2) is 18.2 Å². The summed E-state index contributed by atoms with van der Waals surface area (Å²) < 4.78 is 53.0. The molecule has 1 aliphatic carbocycles. The normalized spacial score (nSPS) is 23.9. The molecule has 2 fully saturated rings. The second-order valence-corrected chi connectivity index (χ2v) is 8.57. The Kier molecular flexibility index (Phi) is 7.42. The summed E-state index contributed by atoms with van der Waals surface area (Å²) in [4.78, 5) is 15.3. The molecule has 1 amide bonds. The Hall–Kier alpha value is -2.34. The molecule has 0 spiro atoms. The molecule has 170 valence electrons. The van der Waals surface area contributed by atoms with Crippen molar-refractivity contribution in [2.75, 3.05) is 37.6 Å². The molecule has 31 heavy (non-hydrogen) atoms. The van der Waals surface area contributed by atoms with E-state index in [1.54, 1.807) is 4.90 Å². The predicted octanol–water partition coefficient (Wildman–Crippen LogP) is 3.79. The van der Waals surface area contributed by atoms with Gasteiger partial charge in [0.15, 0.2) is 0 Å². The standard InChI is InChI=1S/C22H28F4N4O/c23-19-6-5-17(22(24,25)26)13-20(19)30-11-9-29(10-12-30)8-7-15-1-3-16(4-2-15)18(14-27)21(28)31/h5-6,13,15-16,18H,1-4,7-12H2,(H2,28,31). The lowest BCUT2D eigenvalue weighted by Crippen LogP contribution is -2.47. The van der Waals surface area contributed by atoms with Crippen LogP contribution in [-0.2, 0) is 11.0 Å². The number of carbonyl (C=O) groups excluding carboxylic acids is 1. The Morgan fingerprint density at radius 3 is 2.35 bits per heavy atom. The number of amides is 1. The van der Waals surface area contributed by atoms with E-state index in [9.17, 15) is 22.4 Å². The van der Waals surface area contributed by atoms with Crippen LogP contribution in [0.1, 0.15) is 37.7 Å². The molecule has 1 saturated heterocycles. The van der Waals surface area contributed by atoms with Gasteiger partial charge in [-0.25, -0.2) is 4.39 Å². The van der Waals surface area contributed by atoms with Crippen LogP contribution in [-0.4, -0.2) is 43.5 Å². The number of primary amides is 1. The lowest BCUT2D eigenvalue weighted by Gasteiger charge is -2.37. The quantitative estimate of drug-likeness (QED) is 0.683. The van der Waals surface area contributed by atoms with Gasteiger partial charge in [-0.05, 0) is 55.8 Å². The maximum atomic E-state index is 14.1. The molecule has 0 radical (unpaired) electrons. The van der Waals surface area contributed by atoms with Gasteiger partial charge in [0.1, 0.15) is 11.7 Å². The third kappa shape index (κ3) is 5.88. The highest BCUT2D eigenvalue weighted by atomic mass is 19.4. The Bertz CT molecular complexity index is 807. The fourth-order valence-corrected chi connectivity index (χ4v) is 4.72. The summed E-state index contributed by atoms with van der Waals surface area (Å²) in [6.07, 6.45) is 0.0896. The van der Waals surface area contributed by atoms with Crippen LogP contribution in [0.3, 0.4) is 0 Å². The fraction of sp³-hybridized carbons (Fsp3) is 0.636. The third-order valence-electron chi connectivity index (χ3n) is 6.65. The molecule has 1 aliphatic heterocycles. The van der Waals surface area contributed by atoms with Gasteiger partial charge in [-0.15, -0.1) is 0 Å². The van der Waals surface area contributed by atoms with E-state index >= 15 is 0 Å². The van der Waals surface area contributed by atoms with Crippen LogP contribution in [0.2, 0.25) is 0 Å². The van der Waals surface area contributed by atoms with Gasteiger partial charge in [0.05, 0.1) is 17.3 Å². The van der Waals surface area contributed by atoms with Crippen LogP contribution in [0.25, 0.3) is 0 Å². The summed E-state index contributed by atoms with van der Waals surface area (Å²) in [7, 11) is 0. The van der Waals surface area contributed by atoms with E-state index in [-0.39, 0.29) is 11.6 Å². The van der Waals surface area contributed by atoms with Gasteiger partial charge in [0.2, 0.25) is 5.91 Å². The molecule has 1 aromatic rings. The number of anilines is 1. The van der Waals surface area contributed by atoms with E-state index in [1.165, 1.54) is 0 Å². The second kappa shape index (κ2) is 9.86. The number of alkyl halides is 3. The topological polar surface area (TPSA) is 73.4 Å². The molecule has 0 bridgehead atoms. The number of halogens is 4. The maximum absolute atomic E-state index is 14.1. The first kappa shape index (κ1) is 23.3. The van der Waals surface area contributed by atoms with E-state index < -0.39 is 29.4 Å². The van der Waals surface area contributed by atoms with E-state index in [4.69, 9.17) is 11.0 Å². The molecule has 1 aromatic carbocycles. The number of nitrogens with zero attached hydrogens (tertiary/aromatic N) is 3. The average molecular weight is 440 g/mol. The molecule has 1 saturated carbocycles. The second-order valence-electron chi connectivity index (χ2n) is 8.57. The van der Waals surface area contributed by atoms with Crippen LogP contribution in [0, 0.1) is 34.9 Å². The smallest absolute Gasteiger partial charge is 0.369 e. The Morgan fingerprint density at radius 2 is 1.81 bits per heavy atom. The minimum absolute atomic E-state index is 0.00861. The number of piperazine rings is 1. The Morgan fingerprint density at radius 1 is 1.16 bits per heavy atom. The monoisotopic (exact) mass is 440 g/mol. The molecular formula is C22H28F4N4O. The fourth-order valence-electron chi connectivity index (χ4n) is 4.72. The van der Waals surface area contributed by atoms with Crippen molar-refractivity contribution >= 4 is 11.6 Å². The number of benzene rings is 1. The molecular weight excluding hydrogens is 412 g/mol. The van der Waals surface area contributed by atoms with Crippen molar-refractivity contribution in [2.24, 2.45) is 23.5 Å². The van der Waals surface area contributed by atoms with Crippen LogP contribution < -0.4 is 10.6 Å². The number of rotatable bonds is 6. The first-order valence-electron chi connectivity index (χ1n) is 10.7. The number of hydrogen-bond donors (Lipinski definition) is 1. The van der Waals surface area contributed by atoms with Crippen molar-refractivity contribution in [3.05, 3.63) is 29.6 Å². The zero-order valence-corrected chi connectivity index (χ0v) is 17.4. The number of carbonyl (C=O) groups is 1. The molecule has 0 aromatic heterocycles. The summed E-state index contributed by atoms with van der Waals surface area (Å²) in [5, 5.41) is 9.12. The maximum Gasteiger partial charge on any atom is 0.416 e. The molecule has 2 aliphatic rings. The largest absolute Gasteiger partial charge is 0.416 e. The Labute approximate surface area is 179 Å². The van der Waals surface area contributed by atoms with Gasteiger partial charge >= 0.3 is 6.18 Å². The number of nitriles is 1. The summed E-state index contributed by atoms with van der Waals surface area (Å²) in [5.41, 5.74) is 4.48. The summed E-state index contributed by atoms with van der Waals surface area (Å²) in [6, 6.07) is 4.57. The Balaban J connectivity index is 1.45. The zero-order chi connectivity index (χ0) is 22.6. The van der Waals surface area contributed by atoms with Gasteiger partial charge in [0.25, 0.3) is 0 Å². The molecule has 9 heteroatoms. The van der Waals surface area contributed by atoms with Crippen molar-refractivity contribution in [1.82, 2.24) is 4.90 Å². The highest BCUT2D eigenvalue weighted by Crippen LogP contribution is 2.35. The van der Waals surface area contributed by atoms with Gasteiger partial charge in [0, 0.05) is 26.2 Å². The minimum atomic E-state index is -4.49. The molecule has 3 rings (SSSR count). The van der Waals surface area contributed by atoms with Gasteiger partial charge < -0.3 is 10.6 Å². The van der Waals surface area contributed by atoms with Crippen molar-refractivity contribution < 1.29 is 22.4 Å². The minimum Gasteiger partial charge on any atom is -0.369 e. The van der Waals surface area contributed by atoms with E-state index in [0.717, 1.165) is 56.8 Å². The molecule has 2 N–H and O–H groups in total. The summed E-state index contributed by atoms with van der Waals surface area (Å²) in [6.45, 7) is 3.18. The van der Waals surface area contributed by atoms with Crippen LogP contribution >= 0.6 is 0 Å². The predicted molar refractivity (Wildman–Crippen MR) is 108 cm³/mol. The highest BCUT2D eigenvalue weighted by Gasteiger charge is 2.33. The lowest BCUT2D eigenvalue weighted by atomic mass is 9.75. The van der Waals surface area contributed by atoms with Crippen LogP contribution in [0.4, 0.5) is 23.2 Å². The van der Waals surface area contributed by atoms with Crippen molar-refractivity contribution in [3.8, 4) is 6.07 Å². The van der Waals surface area contributed by atoms with Gasteiger partial charge in [-0.3, -0.25) is 9.69 Å². The number of nitrogens with two attached hydrogens (primary N) is 1. The summed E-state index contributed by atoms with van der Waals surface area (Å²) >= 11 is 0.